The fraction of sp³-hybridized carbons (Fsp3) is 0.533. The van der Waals surface area contributed by atoms with Gasteiger partial charge in [0.1, 0.15) is 17.1 Å². The third-order valence-corrected chi connectivity index (χ3v) is 3.85. The second kappa shape index (κ2) is 6.08. The Morgan fingerprint density at radius 3 is 2.68 bits per heavy atom. The van der Waals surface area contributed by atoms with Gasteiger partial charge in [0, 0.05) is 17.8 Å². The van der Waals surface area contributed by atoms with Crippen LogP contribution in [-0.2, 0) is 4.74 Å². The monoisotopic (exact) mass is 324 g/mol. The van der Waals surface area contributed by atoms with Gasteiger partial charge in [-0.3, -0.25) is 4.79 Å². The highest BCUT2D eigenvalue weighted by molar-refractivity contribution is 7.07. The quantitative estimate of drug-likeness (QED) is 0.845. The summed E-state index contributed by atoms with van der Waals surface area (Å²) in [5, 5.41) is 11.7. The number of aliphatic hydroxyl groups excluding tert-OH is 1. The van der Waals surface area contributed by atoms with Crippen molar-refractivity contribution in [3.63, 3.8) is 0 Å². The van der Waals surface area contributed by atoms with E-state index in [1.54, 1.807) is 31.7 Å². The predicted molar refractivity (Wildman–Crippen MR) is 83.1 cm³/mol. The molecule has 7 heteroatoms. The van der Waals surface area contributed by atoms with Crippen molar-refractivity contribution in [2.75, 3.05) is 6.54 Å². The van der Waals surface area contributed by atoms with Crippen LogP contribution in [0.5, 0.6) is 0 Å². The van der Waals surface area contributed by atoms with E-state index in [4.69, 9.17) is 4.74 Å². The Bertz CT molecular complexity index is 602. The molecule has 0 aromatic carbocycles. The minimum Gasteiger partial charge on any atom is -0.512 e. The number of rotatable bonds is 2. The average molecular weight is 324 g/mol. The first-order chi connectivity index (χ1) is 10.2. The summed E-state index contributed by atoms with van der Waals surface area (Å²) in [7, 11) is 0. The summed E-state index contributed by atoms with van der Waals surface area (Å²) in [4.78, 5) is 30.1. The van der Waals surface area contributed by atoms with Crippen molar-refractivity contribution >= 4 is 23.2 Å². The van der Waals surface area contributed by atoms with E-state index in [0.717, 1.165) is 0 Å². The van der Waals surface area contributed by atoms with Gasteiger partial charge in [-0.2, -0.15) is 0 Å². The molecule has 2 heterocycles. The highest BCUT2D eigenvalue weighted by Crippen LogP contribution is 2.26. The lowest BCUT2D eigenvalue weighted by atomic mass is 9.98. The van der Waals surface area contributed by atoms with Gasteiger partial charge in [0.05, 0.1) is 17.6 Å². The number of amides is 1. The van der Waals surface area contributed by atoms with Crippen molar-refractivity contribution in [3.8, 4) is 0 Å². The van der Waals surface area contributed by atoms with Crippen molar-refractivity contribution in [1.82, 2.24) is 9.88 Å². The standard InChI is InChI=1S/C15H20N2O4S/c1-9-5-12(18)10(13(19)11-7-22-8-16-11)6-17(9)14(20)21-15(2,3)4/h7-9,18H,5-6H2,1-4H3. The van der Waals surface area contributed by atoms with Gasteiger partial charge in [-0.25, -0.2) is 9.78 Å². The molecular weight excluding hydrogens is 304 g/mol. The Hall–Kier alpha value is -1.89. The van der Waals surface area contributed by atoms with Crippen LogP contribution in [0.15, 0.2) is 22.2 Å². The number of aromatic nitrogens is 1. The number of aliphatic hydroxyl groups is 1. The number of ketones is 1. The molecule has 0 saturated carbocycles. The third kappa shape index (κ3) is 3.65. The summed E-state index contributed by atoms with van der Waals surface area (Å²) >= 11 is 1.31. The molecular formula is C15H20N2O4S. The molecule has 6 nitrogen and oxygen atoms in total. The number of hydrogen-bond donors (Lipinski definition) is 1. The second-order valence-corrected chi connectivity index (χ2v) is 7.01. The number of carbonyl (C=O) groups is 2. The molecule has 1 aromatic heterocycles. The summed E-state index contributed by atoms with van der Waals surface area (Å²) in [6.07, 6.45) is -0.263. The molecule has 1 N–H and O–H groups in total. The van der Waals surface area contributed by atoms with Gasteiger partial charge >= 0.3 is 6.09 Å². The molecule has 0 bridgehead atoms. The molecule has 0 radical (unpaired) electrons. The summed E-state index contributed by atoms with van der Waals surface area (Å²) in [6.45, 7) is 7.19. The summed E-state index contributed by atoms with van der Waals surface area (Å²) in [5.41, 5.74) is 1.43. The molecule has 1 aromatic rings. The maximum atomic E-state index is 12.4. The fourth-order valence-electron chi connectivity index (χ4n) is 2.18. The maximum Gasteiger partial charge on any atom is 0.410 e. The van der Waals surface area contributed by atoms with Crippen LogP contribution >= 0.6 is 11.3 Å². The molecule has 0 aliphatic carbocycles. The number of hydrogen-bond acceptors (Lipinski definition) is 6. The minimum atomic E-state index is -0.612. The van der Waals surface area contributed by atoms with E-state index in [2.05, 4.69) is 4.98 Å². The van der Waals surface area contributed by atoms with Crippen LogP contribution in [0, 0.1) is 0 Å². The molecule has 1 aliphatic heterocycles. The van der Waals surface area contributed by atoms with E-state index in [0.29, 0.717) is 0 Å². The number of ether oxygens (including phenoxy) is 1. The number of nitrogens with zero attached hydrogens (tertiary/aromatic N) is 2. The van der Waals surface area contributed by atoms with Gasteiger partial charge in [-0.05, 0) is 27.7 Å². The Labute approximate surface area is 133 Å². The number of thiazole rings is 1. The predicted octanol–water partition coefficient (Wildman–Crippen LogP) is 3.17. The zero-order valence-electron chi connectivity index (χ0n) is 13.1. The highest BCUT2D eigenvalue weighted by atomic mass is 32.1. The van der Waals surface area contributed by atoms with E-state index < -0.39 is 11.7 Å². The van der Waals surface area contributed by atoms with Crippen LogP contribution in [0.2, 0.25) is 0 Å². The largest absolute Gasteiger partial charge is 0.512 e. The maximum absolute atomic E-state index is 12.4. The SMILES string of the molecule is CC1CC(O)=C(C(=O)c2cscn2)CN1C(=O)OC(C)(C)C. The minimum absolute atomic E-state index is 0.0188. The molecule has 1 unspecified atom stereocenters. The van der Waals surface area contributed by atoms with Gasteiger partial charge < -0.3 is 14.7 Å². The summed E-state index contributed by atoms with van der Waals surface area (Å²) in [6, 6.07) is -0.234. The second-order valence-electron chi connectivity index (χ2n) is 6.29. The first kappa shape index (κ1) is 16.5. The molecule has 0 fully saturated rings. The van der Waals surface area contributed by atoms with Gasteiger partial charge in [0.25, 0.3) is 0 Å². The van der Waals surface area contributed by atoms with E-state index in [-0.39, 0.29) is 41.8 Å². The lowest BCUT2D eigenvalue weighted by Crippen LogP contribution is -2.46. The molecule has 0 spiro atoms. The Balaban J connectivity index is 2.21. The first-order valence-electron chi connectivity index (χ1n) is 7.02. The van der Waals surface area contributed by atoms with Crippen molar-refractivity contribution < 1.29 is 19.4 Å². The van der Waals surface area contributed by atoms with Crippen LogP contribution < -0.4 is 0 Å². The fourth-order valence-corrected chi connectivity index (χ4v) is 2.71. The number of carbonyl (C=O) groups excluding carboxylic acids is 2. The van der Waals surface area contributed by atoms with E-state index in [1.165, 1.54) is 16.2 Å². The highest BCUT2D eigenvalue weighted by Gasteiger charge is 2.34. The van der Waals surface area contributed by atoms with Crippen molar-refractivity contribution in [2.45, 2.75) is 45.8 Å². The zero-order valence-corrected chi connectivity index (χ0v) is 13.9. The Morgan fingerprint density at radius 1 is 1.45 bits per heavy atom. The van der Waals surface area contributed by atoms with Gasteiger partial charge in [0.2, 0.25) is 5.78 Å². The normalized spacial score (nSPS) is 19.3. The van der Waals surface area contributed by atoms with Crippen LogP contribution in [0.25, 0.3) is 0 Å². The summed E-state index contributed by atoms with van der Waals surface area (Å²) in [5.74, 6) is -0.329. The number of Topliss-reactive ketones (excluding diaryl/α,β-unsaturated/α-hetero) is 1. The molecule has 1 atom stereocenters. The molecule has 2 rings (SSSR count). The lowest BCUT2D eigenvalue weighted by molar-refractivity contribution is 0.0168. The summed E-state index contributed by atoms with van der Waals surface area (Å²) < 4.78 is 5.36. The van der Waals surface area contributed by atoms with Crippen LogP contribution in [0.3, 0.4) is 0 Å². The molecule has 22 heavy (non-hydrogen) atoms. The Morgan fingerprint density at radius 2 is 2.14 bits per heavy atom. The van der Waals surface area contributed by atoms with Crippen LogP contribution in [0.4, 0.5) is 4.79 Å². The van der Waals surface area contributed by atoms with Gasteiger partial charge in [0.15, 0.2) is 0 Å². The molecule has 0 saturated heterocycles. The van der Waals surface area contributed by atoms with Crippen molar-refractivity contribution in [2.24, 2.45) is 0 Å². The first-order valence-corrected chi connectivity index (χ1v) is 7.97. The average Bonchev–Trinajstić information content (AvgIpc) is 2.89. The van der Waals surface area contributed by atoms with E-state index >= 15 is 0 Å². The lowest BCUT2D eigenvalue weighted by Gasteiger charge is -2.35. The zero-order chi connectivity index (χ0) is 16.5. The molecule has 1 amide bonds. The molecule has 1 aliphatic rings. The Kier molecular flexibility index (Phi) is 4.55. The van der Waals surface area contributed by atoms with Gasteiger partial charge in [-0.15, -0.1) is 11.3 Å². The molecule has 120 valence electrons. The van der Waals surface area contributed by atoms with E-state index in [1.807, 2.05) is 6.92 Å². The third-order valence-electron chi connectivity index (χ3n) is 3.26. The van der Waals surface area contributed by atoms with E-state index in [9.17, 15) is 14.7 Å². The van der Waals surface area contributed by atoms with Crippen LogP contribution in [0.1, 0.15) is 44.6 Å². The smallest absolute Gasteiger partial charge is 0.410 e. The van der Waals surface area contributed by atoms with Gasteiger partial charge in [-0.1, -0.05) is 0 Å². The van der Waals surface area contributed by atoms with Crippen LogP contribution in [-0.4, -0.2) is 45.1 Å². The van der Waals surface area contributed by atoms with Crippen molar-refractivity contribution in [3.05, 3.63) is 27.9 Å². The van der Waals surface area contributed by atoms with Crippen molar-refractivity contribution in [1.29, 1.82) is 0 Å². The topological polar surface area (TPSA) is 79.7 Å².